The molecule has 0 aliphatic rings. The van der Waals surface area contributed by atoms with Crippen LogP contribution in [0.1, 0.15) is 41.5 Å². The predicted octanol–water partition coefficient (Wildman–Crippen LogP) is 2.83. The van der Waals surface area contributed by atoms with E-state index in [0.717, 1.165) is 13.1 Å². The quantitative estimate of drug-likeness (QED) is 0.848. The van der Waals surface area contributed by atoms with Crippen LogP contribution in [0, 0.1) is 11.3 Å². The van der Waals surface area contributed by atoms with Crippen molar-refractivity contribution < 1.29 is 4.79 Å². The Balaban J connectivity index is 2.08. The SMILES string of the molecule is CCN(CC)[C@H](CNC(=O)c1cc(C#N)ccn1)c1ccsc1. The first kappa shape index (κ1) is 17.1. The molecule has 5 nitrogen and oxygen atoms in total. The molecule has 0 unspecified atom stereocenters. The van der Waals surface area contributed by atoms with E-state index in [1.54, 1.807) is 17.4 Å². The maximum Gasteiger partial charge on any atom is 0.269 e. The molecule has 2 heterocycles. The molecule has 2 rings (SSSR count). The lowest BCUT2D eigenvalue weighted by atomic mass is 10.1. The summed E-state index contributed by atoms with van der Waals surface area (Å²) in [4.78, 5) is 18.6. The van der Waals surface area contributed by atoms with Gasteiger partial charge in [0, 0.05) is 12.7 Å². The second kappa shape index (κ2) is 8.42. The number of pyridine rings is 1. The Morgan fingerprint density at radius 3 is 2.83 bits per heavy atom. The lowest BCUT2D eigenvalue weighted by molar-refractivity contribution is 0.0930. The predicted molar refractivity (Wildman–Crippen MR) is 91.3 cm³/mol. The Morgan fingerprint density at radius 1 is 1.43 bits per heavy atom. The zero-order valence-electron chi connectivity index (χ0n) is 13.3. The van der Waals surface area contributed by atoms with Gasteiger partial charge in [0.15, 0.2) is 0 Å². The molecule has 0 aromatic carbocycles. The molecule has 120 valence electrons. The molecule has 0 radical (unpaired) electrons. The average molecular weight is 328 g/mol. The van der Waals surface area contributed by atoms with Crippen LogP contribution in [-0.2, 0) is 0 Å². The summed E-state index contributed by atoms with van der Waals surface area (Å²) in [5.41, 5.74) is 1.91. The molecule has 23 heavy (non-hydrogen) atoms. The number of aromatic nitrogens is 1. The van der Waals surface area contributed by atoms with Gasteiger partial charge < -0.3 is 5.32 Å². The summed E-state index contributed by atoms with van der Waals surface area (Å²) in [6.45, 7) is 6.56. The number of nitrogens with zero attached hydrogens (tertiary/aromatic N) is 3. The van der Waals surface area contributed by atoms with E-state index in [0.29, 0.717) is 12.1 Å². The van der Waals surface area contributed by atoms with E-state index in [-0.39, 0.29) is 17.6 Å². The van der Waals surface area contributed by atoms with Crippen LogP contribution >= 0.6 is 11.3 Å². The summed E-state index contributed by atoms with van der Waals surface area (Å²) in [6.07, 6.45) is 1.48. The smallest absolute Gasteiger partial charge is 0.269 e. The van der Waals surface area contributed by atoms with E-state index in [2.05, 4.69) is 40.5 Å². The van der Waals surface area contributed by atoms with Crippen molar-refractivity contribution in [3.05, 3.63) is 52.0 Å². The molecule has 0 saturated heterocycles. The molecule has 2 aromatic rings. The van der Waals surface area contributed by atoms with Gasteiger partial charge in [0.2, 0.25) is 0 Å². The van der Waals surface area contributed by atoms with Gasteiger partial charge in [0.1, 0.15) is 5.69 Å². The molecule has 1 atom stereocenters. The van der Waals surface area contributed by atoms with Gasteiger partial charge in [-0.3, -0.25) is 14.7 Å². The van der Waals surface area contributed by atoms with Gasteiger partial charge in [-0.15, -0.1) is 0 Å². The Hall–Kier alpha value is -2.23. The van der Waals surface area contributed by atoms with Crippen LogP contribution in [0.15, 0.2) is 35.2 Å². The number of carbonyl (C=O) groups is 1. The van der Waals surface area contributed by atoms with Crippen molar-refractivity contribution in [2.24, 2.45) is 0 Å². The number of rotatable bonds is 7. The lowest BCUT2D eigenvalue weighted by Crippen LogP contribution is -2.38. The zero-order chi connectivity index (χ0) is 16.7. The molecule has 1 amide bonds. The molecule has 2 aromatic heterocycles. The van der Waals surface area contributed by atoms with E-state index in [1.807, 2.05) is 11.4 Å². The highest BCUT2D eigenvalue weighted by molar-refractivity contribution is 7.07. The monoisotopic (exact) mass is 328 g/mol. The van der Waals surface area contributed by atoms with Crippen molar-refractivity contribution in [1.29, 1.82) is 5.26 Å². The van der Waals surface area contributed by atoms with Crippen molar-refractivity contribution >= 4 is 17.2 Å². The number of nitrogens with one attached hydrogen (secondary N) is 1. The van der Waals surface area contributed by atoms with Crippen LogP contribution in [0.25, 0.3) is 0 Å². The second-order valence-electron chi connectivity index (χ2n) is 5.05. The fourth-order valence-electron chi connectivity index (χ4n) is 2.49. The van der Waals surface area contributed by atoms with Gasteiger partial charge >= 0.3 is 0 Å². The Bertz CT molecular complexity index is 674. The number of thiophene rings is 1. The maximum atomic E-state index is 12.3. The van der Waals surface area contributed by atoms with Gasteiger partial charge in [-0.2, -0.15) is 16.6 Å². The maximum absolute atomic E-state index is 12.3. The largest absolute Gasteiger partial charge is 0.349 e. The zero-order valence-corrected chi connectivity index (χ0v) is 14.1. The van der Waals surface area contributed by atoms with Gasteiger partial charge in [0.05, 0.1) is 17.7 Å². The third-order valence-electron chi connectivity index (χ3n) is 3.76. The summed E-state index contributed by atoms with van der Waals surface area (Å²) in [7, 11) is 0. The minimum absolute atomic E-state index is 0.138. The first-order valence-corrected chi connectivity index (χ1v) is 8.54. The highest BCUT2D eigenvalue weighted by Gasteiger charge is 2.20. The van der Waals surface area contributed by atoms with Gasteiger partial charge in [-0.05, 0) is 47.6 Å². The molecule has 0 bridgehead atoms. The van der Waals surface area contributed by atoms with Crippen molar-refractivity contribution in [2.45, 2.75) is 19.9 Å². The average Bonchev–Trinajstić information content (AvgIpc) is 3.12. The molecule has 0 aliphatic heterocycles. The topological polar surface area (TPSA) is 69.0 Å². The lowest BCUT2D eigenvalue weighted by Gasteiger charge is -2.29. The van der Waals surface area contributed by atoms with Crippen molar-refractivity contribution in [3.63, 3.8) is 0 Å². The van der Waals surface area contributed by atoms with Crippen LogP contribution in [-0.4, -0.2) is 35.4 Å². The summed E-state index contributed by atoms with van der Waals surface area (Å²) < 4.78 is 0. The van der Waals surface area contributed by atoms with Crippen LogP contribution in [0.2, 0.25) is 0 Å². The third-order valence-corrected chi connectivity index (χ3v) is 4.46. The normalized spacial score (nSPS) is 11.9. The van der Waals surface area contributed by atoms with Crippen molar-refractivity contribution in [2.75, 3.05) is 19.6 Å². The van der Waals surface area contributed by atoms with E-state index < -0.39 is 0 Å². The number of nitriles is 1. The van der Waals surface area contributed by atoms with Crippen LogP contribution < -0.4 is 5.32 Å². The summed E-state index contributed by atoms with van der Waals surface area (Å²) in [6, 6.07) is 7.34. The summed E-state index contributed by atoms with van der Waals surface area (Å²) in [5, 5.41) is 16.0. The highest BCUT2D eigenvalue weighted by Crippen LogP contribution is 2.22. The Morgan fingerprint density at radius 2 is 2.22 bits per heavy atom. The second-order valence-corrected chi connectivity index (χ2v) is 5.83. The van der Waals surface area contributed by atoms with E-state index in [1.165, 1.54) is 17.8 Å². The number of hydrogen-bond donors (Lipinski definition) is 1. The van der Waals surface area contributed by atoms with Crippen molar-refractivity contribution in [1.82, 2.24) is 15.2 Å². The van der Waals surface area contributed by atoms with E-state index >= 15 is 0 Å². The van der Waals surface area contributed by atoms with Crippen LogP contribution in [0.4, 0.5) is 0 Å². The summed E-state index contributed by atoms with van der Waals surface area (Å²) >= 11 is 1.65. The molecule has 0 fully saturated rings. The van der Waals surface area contributed by atoms with Gasteiger partial charge in [-0.1, -0.05) is 13.8 Å². The standard InChI is InChI=1S/C17H20N4OS/c1-3-21(4-2)16(14-6-8-23-12-14)11-20-17(22)15-9-13(10-18)5-7-19-15/h5-9,12,16H,3-4,11H2,1-2H3,(H,20,22)/t16-/m1/s1. The Labute approximate surface area is 140 Å². The molecular formula is C17H20N4OS. The number of carbonyl (C=O) groups excluding carboxylic acids is 1. The number of hydrogen-bond acceptors (Lipinski definition) is 5. The van der Waals surface area contributed by atoms with Gasteiger partial charge in [-0.25, -0.2) is 0 Å². The minimum atomic E-state index is -0.255. The molecule has 0 spiro atoms. The van der Waals surface area contributed by atoms with Crippen molar-refractivity contribution in [3.8, 4) is 6.07 Å². The molecule has 1 N–H and O–H groups in total. The van der Waals surface area contributed by atoms with Crippen LogP contribution in [0.3, 0.4) is 0 Å². The minimum Gasteiger partial charge on any atom is -0.349 e. The first-order valence-electron chi connectivity index (χ1n) is 7.60. The molecule has 0 saturated carbocycles. The van der Waals surface area contributed by atoms with Gasteiger partial charge in [0.25, 0.3) is 5.91 Å². The number of amides is 1. The third kappa shape index (κ3) is 4.38. The fourth-order valence-corrected chi connectivity index (χ4v) is 3.20. The molecular weight excluding hydrogens is 308 g/mol. The molecule has 6 heteroatoms. The Kier molecular flexibility index (Phi) is 6.27. The van der Waals surface area contributed by atoms with E-state index in [9.17, 15) is 4.79 Å². The highest BCUT2D eigenvalue weighted by atomic mass is 32.1. The fraction of sp³-hybridized carbons (Fsp3) is 0.353. The van der Waals surface area contributed by atoms with Crippen LogP contribution in [0.5, 0.6) is 0 Å². The molecule has 0 aliphatic carbocycles. The first-order chi connectivity index (χ1) is 11.2. The number of likely N-dealkylation sites (N-methyl/N-ethyl adjacent to an activating group) is 1. The van der Waals surface area contributed by atoms with E-state index in [4.69, 9.17) is 5.26 Å². The summed E-state index contributed by atoms with van der Waals surface area (Å²) in [5.74, 6) is -0.255.